The zero-order valence-corrected chi connectivity index (χ0v) is 28.6. The molecule has 5 rings (SSSR count). The number of H-pyrrole nitrogens is 1. The summed E-state index contributed by atoms with van der Waals surface area (Å²) < 4.78 is 11.0. The van der Waals surface area contributed by atoms with E-state index in [4.69, 9.17) is 32.4 Å². The molecule has 4 aromatic rings. The van der Waals surface area contributed by atoms with Gasteiger partial charge in [0, 0.05) is 34.9 Å². The minimum Gasteiger partial charge on any atom is -0.445 e. The van der Waals surface area contributed by atoms with Gasteiger partial charge in [0.2, 0.25) is 18.2 Å². The van der Waals surface area contributed by atoms with E-state index in [2.05, 4.69) is 25.8 Å². The summed E-state index contributed by atoms with van der Waals surface area (Å²) in [5.74, 6) is -0.753. The lowest BCUT2D eigenvalue weighted by molar-refractivity contribution is -0.134. The SMILES string of the molecule is CCC(C)[C@H](NC(=O)OCc1ccccc1)C(=O)N[C@@]1(C(=O)C[C@H](c2nnco2)C(C)CC)CCc2[nH]c3c(Cl)cc(Cl)cc3c2C1. The molecule has 2 aromatic heterocycles. The van der Waals surface area contributed by atoms with E-state index < -0.39 is 23.6 Å². The second-order valence-corrected chi connectivity index (χ2v) is 13.4. The van der Waals surface area contributed by atoms with Crippen LogP contribution in [0.3, 0.4) is 0 Å². The van der Waals surface area contributed by atoms with Gasteiger partial charge in [-0.05, 0) is 47.9 Å². The number of aryl methyl sites for hydroxylation is 1. The molecule has 2 amide bonds. The van der Waals surface area contributed by atoms with Crippen LogP contribution in [0.4, 0.5) is 4.79 Å². The molecule has 1 aliphatic rings. The van der Waals surface area contributed by atoms with Crippen LogP contribution >= 0.6 is 23.2 Å². The van der Waals surface area contributed by atoms with E-state index in [1.165, 1.54) is 6.39 Å². The normalized spacial score (nSPS) is 18.5. The molecule has 0 radical (unpaired) electrons. The Bertz CT molecular complexity index is 1710. The van der Waals surface area contributed by atoms with Crippen LogP contribution in [-0.4, -0.2) is 44.5 Å². The van der Waals surface area contributed by atoms with Gasteiger partial charge in [-0.1, -0.05) is 94.1 Å². The van der Waals surface area contributed by atoms with E-state index in [9.17, 15) is 14.4 Å². The summed E-state index contributed by atoms with van der Waals surface area (Å²) in [6, 6.07) is 11.9. The Morgan fingerprint density at radius 1 is 1.09 bits per heavy atom. The number of hydrogen-bond donors (Lipinski definition) is 3. The number of nitrogens with one attached hydrogen (secondary N) is 3. The molecule has 12 heteroatoms. The smallest absolute Gasteiger partial charge is 0.408 e. The predicted octanol–water partition coefficient (Wildman–Crippen LogP) is 7.33. The van der Waals surface area contributed by atoms with Gasteiger partial charge >= 0.3 is 6.09 Å². The summed E-state index contributed by atoms with van der Waals surface area (Å²) in [5.41, 5.74) is 2.09. The Morgan fingerprint density at radius 2 is 1.83 bits per heavy atom. The molecular formula is C35H41Cl2N5O5. The van der Waals surface area contributed by atoms with E-state index in [1.807, 2.05) is 64.1 Å². The molecule has 2 aromatic carbocycles. The van der Waals surface area contributed by atoms with Gasteiger partial charge < -0.3 is 24.8 Å². The van der Waals surface area contributed by atoms with Crippen LogP contribution < -0.4 is 10.6 Å². The van der Waals surface area contributed by atoms with E-state index >= 15 is 0 Å². The summed E-state index contributed by atoms with van der Waals surface area (Å²) in [5, 5.41) is 15.7. The number of nitrogens with zero attached hydrogens (tertiary/aromatic N) is 2. The first-order chi connectivity index (χ1) is 22.5. The van der Waals surface area contributed by atoms with E-state index in [1.54, 1.807) is 6.07 Å². The largest absolute Gasteiger partial charge is 0.445 e. The molecule has 47 heavy (non-hydrogen) atoms. The highest BCUT2D eigenvalue weighted by molar-refractivity contribution is 6.38. The van der Waals surface area contributed by atoms with Crippen molar-refractivity contribution in [2.24, 2.45) is 11.8 Å². The van der Waals surface area contributed by atoms with Gasteiger partial charge in [0.15, 0.2) is 5.78 Å². The summed E-state index contributed by atoms with van der Waals surface area (Å²) in [6.07, 6.45) is 3.06. The highest BCUT2D eigenvalue weighted by Gasteiger charge is 2.46. The van der Waals surface area contributed by atoms with Gasteiger partial charge in [0.25, 0.3) is 0 Å². The third-order valence-electron chi connectivity index (χ3n) is 9.61. The first-order valence-corrected chi connectivity index (χ1v) is 16.9. The lowest BCUT2D eigenvalue weighted by atomic mass is 9.73. The van der Waals surface area contributed by atoms with Gasteiger partial charge in [0.05, 0.1) is 10.5 Å². The van der Waals surface area contributed by atoms with Crippen LogP contribution in [0.1, 0.15) is 82.0 Å². The van der Waals surface area contributed by atoms with Crippen LogP contribution in [0.2, 0.25) is 10.0 Å². The Kier molecular flexibility index (Phi) is 10.9. The van der Waals surface area contributed by atoms with Crippen molar-refractivity contribution in [3.63, 3.8) is 0 Å². The highest BCUT2D eigenvalue weighted by Crippen LogP contribution is 2.40. The second-order valence-electron chi connectivity index (χ2n) is 12.6. The van der Waals surface area contributed by atoms with Crippen molar-refractivity contribution in [1.29, 1.82) is 0 Å². The van der Waals surface area contributed by atoms with E-state index in [0.717, 1.165) is 34.1 Å². The summed E-state index contributed by atoms with van der Waals surface area (Å²) >= 11 is 13.0. The van der Waals surface area contributed by atoms with Crippen LogP contribution in [0.5, 0.6) is 0 Å². The molecule has 5 atom stereocenters. The Hall–Kier alpha value is -3.89. The average Bonchev–Trinajstić information content (AvgIpc) is 3.73. The zero-order chi connectivity index (χ0) is 33.7. The molecule has 0 saturated carbocycles. The number of ketones is 1. The first-order valence-electron chi connectivity index (χ1n) is 16.1. The van der Waals surface area contributed by atoms with Gasteiger partial charge in [-0.3, -0.25) is 9.59 Å². The number of ether oxygens (including phenoxy) is 1. The van der Waals surface area contributed by atoms with Crippen molar-refractivity contribution < 1.29 is 23.5 Å². The highest BCUT2D eigenvalue weighted by atomic mass is 35.5. The molecule has 10 nitrogen and oxygen atoms in total. The number of rotatable bonds is 13. The molecule has 2 heterocycles. The number of amides is 2. The zero-order valence-electron chi connectivity index (χ0n) is 27.1. The Balaban J connectivity index is 1.47. The number of hydrogen-bond acceptors (Lipinski definition) is 7. The number of halogens is 2. The molecular weight excluding hydrogens is 641 g/mol. The van der Waals surface area contributed by atoms with Crippen molar-refractivity contribution >= 4 is 51.9 Å². The third kappa shape index (κ3) is 7.65. The molecule has 0 fully saturated rings. The van der Waals surface area contributed by atoms with Gasteiger partial charge in [-0.25, -0.2) is 4.79 Å². The molecule has 0 bridgehead atoms. The van der Waals surface area contributed by atoms with E-state index in [-0.39, 0.29) is 43.0 Å². The van der Waals surface area contributed by atoms with Gasteiger partial charge in [0.1, 0.15) is 18.2 Å². The van der Waals surface area contributed by atoms with Gasteiger partial charge in [-0.15, -0.1) is 10.2 Å². The maximum atomic E-state index is 14.6. The Labute approximate surface area is 284 Å². The maximum Gasteiger partial charge on any atom is 0.408 e. The topological polar surface area (TPSA) is 139 Å². The number of alkyl carbamates (subject to hydrolysis) is 1. The van der Waals surface area contributed by atoms with Crippen LogP contribution in [0.25, 0.3) is 10.9 Å². The fourth-order valence-electron chi connectivity index (χ4n) is 6.35. The van der Waals surface area contributed by atoms with Crippen molar-refractivity contribution in [2.75, 3.05) is 0 Å². The summed E-state index contributed by atoms with van der Waals surface area (Å²) in [6.45, 7) is 7.97. The third-order valence-corrected chi connectivity index (χ3v) is 10.1. The molecule has 3 N–H and O–H groups in total. The van der Waals surface area contributed by atoms with Crippen molar-refractivity contribution in [3.05, 3.63) is 81.6 Å². The van der Waals surface area contributed by atoms with Crippen LogP contribution in [0, 0.1) is 11.8 Å². The number of benzene rings is 2. The van der Waals surface area contributed by atoms with E-state index in [0.29, 0.717) is 35.2 Å². The van der Waals surface area contributed by atoms with Crippen molar-refractivity contribution in [1.82, 2.24) is 25.8 Å². The fraction of sp³-hybridized carbons (Fsp3) is 0.457. The second kappa shape index (κ2) is 14.9. The van der Waals surface area contributed by atoms with Crippen LogP contribution in [0.15, 0.2) is 53.3 Å². The molecule has 0 aliphatic heterocycles. The monoisotopic (exact) mass is 681 g/mol. The number of carbonyl (C=O) groups is 3. The van der Waals surface area contributed by atoms with Crippen LogP contribution in [-0.2, 0) is 33.8 Å². The Morgan fingerprint density at radius 3 is 2.51 bits per heavy atom. The number of fused-ring (bicyclic) bond motifs is 3. The standard InChI is InChI=1S/C35H41Cl2N5O5/c1-5-20(3)24(33-42-38-19-47-33)16-29(43)35(13-12-28-26(17-35)25-14-23(36)15-27(37)31(25)39-28)41-32(44)30(21(4)6-2)40-34(45)46-18-22-10-8-7-9-11-22/h7-11,14-15,19-21,24,30,39H,5-6,12-13,16-18H2,1-4H3,(H,40,45)(H,41,44)/t20?,21?,24-,30-,35-/m0/s1. The number of carbonyl (C=O) groups excluding carboxylic acids is 3. The van der Waals surface area contributed by atoms with Crippen molar-refractivity contribution in [2.45, 2.75) is 90.3 Å². The summed E-state index contributed by atoms with van der Waals surface area (Å²) in [4.78, 5) is 45.2. The van der Waals surface area contributed by atoms with Gasteiger partial charge in [-0.2, -0.15) is 0 Å². The average molecular weight is 683 g/mol. The minimum absolute atomic E-state index is 0.0606. The fourth-order valence-corrected chi connectivity index (χ4v) is 6.89. The number of Topliss-reactive ketones (excluding diaryl/α,β-unsaturated/α-hetero) is 1. The molecule has 2 unspecified atom stereocenters. The molecule has 0 saturated heterocycles. The predicted molar refractivity (Wildman–Crippen MR) is 180 cm³/mol. The number of aromatic amines is 1. The summed E-state index contributed by atoms with van der Waals surface area (Å²) in [7, 11) is 0. The first kappa shape index (κ1) is 34.4. The molecule has 1 aliphatic carbocycles. The maximum absolute atomic E-state index is 14.6. The molecule has 0 spiro atoms. The van der Waals surface area contributed by atoms with Crippen molar-refractivity contribution in [3.8, 4) is 0 Å². The lowest BCUT2D eigenvalue weighted by Crippen LogP contribution is -2.62. The molecule has 250 valence electrons. The quantitative estimate of drug-likeness (QED) is 0.134. The number of aromatic nitrogens is 3. The minimum atomic E-state index is -1.29. The lowest BCUT2D eigenvalue weighted by Gasteiger charge is -2.39.